The summed E-state index contributed by atoms with van der Waals surface area (Å²) in [7, 11) is 1.70. The number of hydrogen-bond donors (Lipinski definition) is 2. The quantitative estimate of drug-likeness (QED) is 0.644. The minimum atomic E-state index is 0.336. The third-order valence-electron chi connectivity index (χ3n) is 4.83. The minimum Gasteiger partial charge on any atom is -0.496 e. The molecule has 3 rings (SSSR count). The van der Waals surface area contributed by atoms with Crippen LogP contribution in [0.3, 0.4) is 0 Å². The van der Waals surface area contributed by atoms with Gasteiger partial charge in [0.05, 0.1) is 7.11 Å². The van der Waals surface area contributed by atoms with Crippen molar-refractivity contribution in [2.24, 2.45) is 23.6 Å². The number of nitrogens with two attached hydrogens (primary N) is 1. The van der Waals surface area contributed by atoms with Gasteiger partial charge in [-0.25, -0.2) is 0 Å². The molecule has 0 bridgehead atoms. The SMILES string of the molecule is COc1ccc(Cl)cc1CC(NN)C1C2CCCC21. The number of benzene rings is 1. The van der Waals surface area contributed by atoms with Gasteiger partial charge in [0.2, 0.25) is 0 Å². The Morgan fingerprint density at radius 3 is 2.79 bits per heavy atom. The molecular formula is C15H21ClN2O. The molecule has 2 fully saturated rings. The van der Waals surface area contributed by atoms with E-state index in [9.17, 15) is 0 Å². The Balaban J connectivity index is 1.74. The lowest BCUT2D eigenvalue weighted by molar-refractivity contribution is 0.386. The van der Waals surface area contributed by atoms with Gasteiger partial charge < -0.3 is 4.74 Å². The van der Waals surface area contributed by atoms with Crippen LogP contribution in [0.1, 0.15) is 24.8 Å². The second kappa shape index (κ2) is 5.31. The van der Waals surface area contributed by atoms with Crippen LogP contribution in [0.15, 0.2) is 18.2 Å². The van der Waals surface area contributed by atoms with Crippen molar-refractivity contribution in [2.75, 3.05) is 7.11 Å². The van der Waals surface area contributed by atoms with E-state index in [1.54, 1.807) is 7.11 Å². The lowest BCUT2D eigenvalue weighted by Crippen LogP contribution is -2.39. The van der Waals surface area contributed by atoms with Gasteiger partial charge >= 0.3 is 0 Å². The number of hydrazine groups is 1. The number of methoxy groups -OCH3 is 1. The summed E-state index contributed by atoms with van der Waals surface area (Å²) in [6, 6.07) is 6.12. The summed E-state index contributed by atoms with van der Waals surface area (Å²) in [4.78, 5) is 0. The van der Waals surface area contributed by atoms with Gasteiger partial charge in [0.25, 0.3) is 0 Å². The first-order valence-corrected chi connectivity index (χ1v) is 7.41. The van der Waals surface area contributed by atoms with Crippen LogP contribution in [0.5, 0.6) is 5.75 Å². The Labute approximate surface area is 119 Å². The van der Waals surface area contributed by atoms with Crippen LogP contribution in [-0.2, 0) is 6.42 Å². The highest BCUT2D eigenvalue weighted by molar-refractivity contribution is 6.30. The number of fused-ring (bicyclic) bond motifs is 1. The molecule has 3 unspecified atom stereocenters. The fourth-order valence-electron chi connectivity index (χ4n) is 3.92. The number of halogens is 1. The van der Waals surface area contributed by atoms with Crippen LogP contribution in [0, 0.1) is 17.8 Å². The molecule has 0 aliphatic heterocycles. The van der Waals surface area contributed by atoms with E-state index in [-0.39, 0.29) is 0 Å². The van der Waals surface area contributed by atoms with Crippen molar-refractivity contribution >= 4 is 11.6 Å². The highest BCUT2D eigenvalue weighted by Crippen LogP contribution is 2.59. The third-order valence-corrected chi connectivity index (χ3v) is 5.07. The van der Waals surface area contributed by atoms with E-state index in [0.717, 1.165) is 40.5 Å². The van der Waals surface area contributed by atoms with E-state index in [0.29, 0.717) is 6.04 Å². The smallest absolute Gasteiger partial charge is 0.122 e. The molecule has 19 heavy (non-hydrogen) atoms. The number of hydrogen-bond acceptors (Lipinski definition) is 3. The van der Waals surface area contributed by atoms with Crippen molar-refractivity contribution in [3.05, 3.63) is 28.8 Å². The van der Waals surface area contributed by atoms with E-state index in [2.05, 4.69) is 5.43 Å². The van der Waals surface area contributed by atoms with E-state index >= 15 is 0 Å². The molecule has 0 spiro atoms. The summed E-state index contributed by atoms with van der Waals surface area (Å²) in [5.41, 5.74) is 4.15. The van der Waals surface area contributed by atoms with Crippen molar-refractivity contribution < 1.29 is 4.74 Å². The predicted octanol–water partition coefficient (Wildman–Crippen LogP) is 2.77. The van der Waals surface area contributed by atoms with E-state index in [1.807, 2.05) is 18.2 Å². The fourth-order valence-corrected chi connectivity index (χ4v) is 4.12. The standard InChI is InChI=1S/C15H21ClN2O/c1-19-14-6-5-10(16)7-9(14)8-13(18-17)15-11-3-2-4-12(11)15/h5-7,11-13,15,18H,2-4,8,17H2,1H3. The molecule has 3 nitrogen and oxygen atoms in total. The maximum absolute atomic E-state index is 6.08. The first kappa shape index (κ1) is 13.2. The van der Waals surface area contributed by atoms with Crippen molar-refractivity contribution in [3.8, 4) is 5.75 Å². The molecule has 0 aromatic heterocycles. The molecule has 0 heterocycles. The summed E-state index contributed by atoms with van der Waals surface area (Å²) < 4.78 is 5.41. The molecule has 0 radical (unpaired) electrons. The van der Waals surface area contributed by atoms with Crippen LogP contribution >= 0.6 is 11.6 Å². The molecule has 4 heteroatoms. The lowest BCUT2D eigenvalue weighted by Gasteiger charge is -2.19. The Morgan fingerprint density at radius 2 is 2.16 bits per heavy atom. The molecule has 2 saturated carbocycles. The van der Waals surface area contributed by atoms with Gasteiger partial charge in [-0.05, 0) is 60.8 Å². The van der Waals surface area contributed by atoms with Crippen molar-refractivity contribution in [1.82, 2.24) is 5.43 Å². The van der Waals surface area contributed by atoms with Gasteiger partial charge in [-0.1, -0.05) is 18.0 Å². The highest BCUT2D eigenvalue weighted by atomic mass is 35.5. The Kier molecular flexibility index (Phi) is 3.70. The molecule has 1 aromatic carbocycles. The van der Waals surface area contributed by atoms with Gasteiger partial charge in [-0.2, -0.15) is 0 Å². The van der Waals surface area contributed by atoms with Crippen LogP contribution in [-0.4, -0.2) is 13.2 Å². The second-order valence-corrected chi connectivity index (χ2v) is 6.21. The minimum absolute atomic E-state index is 0.336. The van der Waals surface area contributed by atoms with Gasteiger partial charge in [0.1, 0.15) is 5.75 Å². The number of rotatable bonds is 5. The highest BCUT2D eigenvalue weighted by Gasteiger charge is 2.55. The lowest BCUT2D eigenvalue weighted by atomic mass is 9.97. The Hall–Kier alpha value is -0.770. The Morgan fingerprint density at radius 1 is 1.42 bits per heavy atom. The molecule has 3 atom stereocenters. The molecule has 0 saturated heterocycles. The fraction of sp³-hybridized carbons (Fsp3) is 0.600. The average Bonchev–Trinajstić information content (AvgIpc) is 2.88. The first-order valence-electron chi connectivity index (χ1n) is 7.03. The molecule has 1 aromatic rings. The molecule has 3 N–H and O–H groups in total. The van der Waals surface area contributed by atoms with Crippen molar-refractivity contribution in [3.63, 3.8) is 0 Å². The molecular weight excluding hydrogens is 260 g/mol. The second-order valence-electron chi connectivity index (χ2n) is 5.77. The zero-order valence-corrected chi connectivity index (χ0v) is 12.0. The number of ether oxygens (including phenoxy) is 1. The van der Waals surface area contributed by atoms with E-state index in [4.69, 9.17) is 22.2 Å². The molecule has 2 aliphatic rings. The average molecular weight is 281 g/mol. The van der Waals surface area contributed by atoms with Gasteiger partial charge in [-0.3, -0.25) is 11.3 Å². The normalized spacial score (nSPS) is 29.9. The summed E-state index contributed by atoms with van der Waals surface area (Å²) in [6.45, 7) is 0. The van der Waals surface area contributed by atoms with Crippen LogP contribution < -0.4 is 16.0 Å². The van der Waals surface area contributed by atoms with Crippen LogP contribution in [0.25, 0.3) is 0 Å². The first-order chi connectivity index (χ1) is 9.24. The number of nitrogens with one attached hydrogen (secondary N) is 1. The Bertz CT molecular complexity index is 455. The maximum Gasteiger partial charge on any atom is 0.122 e. The van der Waals surface area contributed by atoms with Crippen LogP contribution in [0.4, 0.5) is 0 Å². The zero-order valence-electron chi connectivity index (χ0n) is 11.2. The maximum atomic E-state index is 6.08. The van der Waals surface area contributed by atoms with Crippen molar-refractivity contribution in [2.45, 2.75) is 31.7 Å². The molecule has 104 valence electrons. The van der Waals surface area contributed by atoms with Crippen molar-refractivity contribution in [1.29, 1.82) is 0 Å². The van der Waals surface area contributed by atoms with Gasteiger partial charge in [-0.15, -0.1) is 0 Å². The summed E-state index contributed by atoms with van der Waals surface area (Å²) >= 11 is 6.08. The topological polar surface area (TPSA) is 47.3 Å². The molecule has 0 amide bonds. The summed E-state index contributed by atoms with van der Waals surface area (Å²) in [5.74, 6) is 9.20. The summed E-state index contributed by atoms with van der Waals surface area (Å²) in [5, 5.41) is 0.752. The molecule has 2 aliphatic carbocycles. The largest absolute Gasteiger partial charge is 0.496 e. The van der Waals surface area contributed by atoms with Gasteiger partial charge in [0.15, 0.2) is 0 Å². The van der Waals surface area contributed by atoms with Gasteiger partial charge in [0, 0.05) is 11.1 Å². The predicted molar refractivity (Wildman–Crippen MR) is 77.1 cm³/mol. The zero-order chi connectivity index (χ0) is 13.4. The van der Waals surface area contributed by atoms with E-state index in [1.165, 1.54) is 19.3 Å². The summed E-state index contributed by atoms with van der Waals surface area (Å²) in [6.07, 6.45) is 5.03. The van der Waals surface area contributed by atoms with Crippen LogP contribution in [0.2, 0.25) is 5.02 Å². The monoisotopic (exact) mass is 280 g/mol. The van der Waals surface area contributed by atoms with E-state index < -0.39 is 0 Å². The third kappa shape index (κ3) is 2.47.